The molecule has 2 aliphatic rings. The number of nitrogens with one attached hydrogen (secondary N) is 1. The lowest BCUT2D eigenvalue weighted by atomic mass is 10.5. The number of halogens is 2. The maximum atomic E-state index is 12.3. The third kappa shape index (κ3) is 0.602. The van der Waals surface area contributed by atoms with Crippen molar-refractivity contribution in [1.82, 2.24) is 5.32 Å². The summed E-state index contributed by atoms with van der Waals surface area (Å²) in [5, 5.41) is 2.67. The minimum atomic E-state index is -2.59. The molecule has 2 fully saturated rings. The number of hydrogen-bond acceptors (Lipinski definition) is 2. The molecule has 1 heterocycles. The van der Waals surface area contributed by atoms with Crippen molar-refractivity contribution in [3.8, 4) is 0 Å². The Hall–Kier alpha value is -0.220. The van der Waals surface area contributed by atoms with E-state index < -0.39 is 18.1 Å². The van der Waals surface area contributed by atoms with Crippen molar-refractivity contribution in [1.29, 1.82) is 0 Å². The average Bonchev–Trinajstić information content (AvgIpc) is 2.39. The minimum Gasteiger partial charge on any atom is -0.369 e. The maximum absolute atomic E-state index is 12.3. The van der Waals surface area contributed by atoms with Crippen LogP contribution in [0.2, 0.25) is 0 Å². The van der Waals surface area contributed by atoms with E-state index in [1.165, 1.54) is 0 Å². The number of hydrogen-bond donors (Lipinski definition) is 1. The first-order chi connectivity index (χ1) is 4.23. The second-order valence-corrected chi connectivity index (χ2v) is 2.40. The van der Waals surface area contributed by atoms with Crippen molar-refractivity contribution >= 4 is 0 Å². The predicted molar refractivity (Wildman–Crippen MR) is 26.5 cm³/mol. The molecule has 0 spiro atoms. The molecule has 0 unspecified atom stereocenters. The number of alkyl halides is 2. The highest BCUT2D eigenvalue weighted by molar-refractivity contribution is 5.15. The van der Waals surface area contributed by atoms with Crippen molar-refractivity contribution in [2.75, 3.05) is 13.2 Å². The molecule has 2 atom stereocenters. The van der Waals surface area contributed by atoms with E-state index in [1.807, 2.05) is 0 Å². The zero-order valence-electron chi connectivity index (χ0n) is 4.73. The van der Waals surface area contributed by atoms with Crippen LogP contribution in [0.1, 0.15) is 0 Å². The largest absolute Gasteiger partial charge is 0.369 e. The topological polar surface area (TPSA) is 21.3 Å². The average molecular weight is 135 g/mol. The normalized spacial score (nSPS) is 46.0. The van der Waals surface area contributed by atoms with Gasteiger partial charge in [0.25, 0.3) is 5.92 Å². The monoisotopic (exact) mass is 135 g/mol. The zero-order valence-corrected chi connectivity index (χ0v) is 4.73. The molecule has 9 heavy (non-hydrogen) atoms. The molecular formula is C5H7F2NO. The Morgan fingerprint density at radius 2 is 2.33 bits per heavy atom. The second-order valence-electron chi connectivity index (χ2n) is 2.40. The van der Waals surface area contributed by atoms with Gasteiger partial charge in [-0.2, -0.15) is 0 Å². The molecule has 2 rings (SSSR count). The van der Waals surface area contributed by atoms with E-state index in [1.54, 1.807) is 0 Å². The summed E-state index contributed by atoms with van der Waals surface area (Å²) in [4.78, 5) is 0. The molecule has 0 amide bonds. The summed E-state index contributed by atoms with van der Waals surface area (Å²) in [6.07, 6.45) is -0.828. The lowest BCUT2D eigenvalue weighted by Crippen LogP contribution is -2.31. The van der Waals surface area contributed by atoms with Crippen LogP contribution in [-0.2, 0) is 4.74 Å². The standard InChI is InChI=1S/C5H7F2NO/c6-5(7)3-4(5)9-2-1-8-3/h3-4,8H,1-2H2/t3-,4-/m1/s1. The van der Waals surface area contributed by atoms with Gasteiger partial charge in [0.05, 0.1) is 6.61 Å². The van der Waals surface area contributed by atoms with Crippen LogP contribution < -0.4 is 5.32 Å². The molecule has 0 radical (unpaired) electrons. The van der Waals surface area contributed by atoms with Crippen molar-refractivity contribution in [3.05, 3.63) is 0 Å². The van der Waals surface area contributed by atoms with Gasteiger partial charge in [0.1, 0.15) is 12.1 Å². The van der Waals surface area contributed by atoms with E-state index in [4.69, 9.17) is 4.74 Å². The third-order valence-corrected chi connectivity index (χ3v) is 1.75. The number of fused-ring (bicyclic) bond motifs is 1. The summed E-state index contributed by atoms with van der Waals surface area (Å²) in [6.45, 7) is 0.966. The molecule has 0 bridgehead atoms. The van der Waals surface area contributed by atoms with Crippen molar-refractivity contribution in [2.24, 2.45) is 0 Å². The summed E-state index contributed by atoms with van der Waals surface area (Å²) < 4.78 is 29.4. The van der Waals surface area contributed by atoms with E-state index >= 15 is 0 Å². The number of morpholine rings is 1. The molecule has 1 aliphatic carbocycles. The molecule has 0 aromatic rings. The molecular weight excluding hydrogens is 128 g/mol. The van der Waals surface area contributed by atoms with Crippen LogP contribution in [-0.4, -0.2) is 31.2 Å². The van der Waals surface area contributed by atoms with E-state index in [2.05, 4.69) is 5.32 Å². The Morgan fingerprint density at radius 1 is 1.56 bits per heavy atom. The molecule has 52 valence electrons. The van der Waals surface area contributed by atoms with Gasteiger partial charge in [0, 0.05) is 6.54 Å². The fourth-order valence-corrected chi connectivity index (χ4v) is 1.15. The lowest BCUT2D eigenvalue weighted by molar-refractivity contribution is 0.0175. The highest BCUT2D eigenvalue weighted by Crippen LogP contribution is 2.45. The molecule has 1 N–H and O–H groups in total. The molecule has 1 aliphatic heterocycles. The van der Waals surface area contributed by atoms with E-state index in [0.717, 1.165) is 0 Å². The third-order valence-electron chi connectivity index (χ3n) is 1.75. The Labute approximate surface area is 51.2 Å². The fraction of sp³-hybridized carbons (Fsp3) is 1.00. The molecule has 0 aromatic carbocycles. The molecule has 4 heteroatoms. The van der Waals surface area contributed by atoms with Crippen molar-refractivity contribution in [2.45, 2.75) is 18.1 Å². The second kappa shape index (κ2) is 1.44. The zero-order chi connectivity index (χ0) is 6.48. The van der Waals surface area contributed by atoms with Crippen LogP contribution >= 0.6 is 0 Å². The van der Waals surface area contributed by atoms with E-state index in [0.29, 0.717) is 13.2 Å². The Balaban J connectivity index is 2.06. The van der Waals surface area contributed by atoms with Gasteiger partial charge in [-0.3, -0.25) is 0 Å². The van der Waals surface area contributed by atoms with Gasteiger partial charge in [-0.1, -0.05) is 0 Å². The summed E-state index contributed by atoms with van der Waals surface area (Å²) in [7, 11) is 0. The smallest absolute Gasteiger partial charge is 0.293 e. The van der Waals surface area contributed by atoms with Crippen LogP contribution in [0.4, 0.5) is 8.78 Å². The van der Waals surface area contributed by atoms with Gasteiger partial charge in [0.2, 0.25) is 0 Å². The van der Waals surface area contributed by atoms with E-state index in [9.17, 15) is 8.78 Å². The van der Waals surface area contributed by atoms with Crippen LogP contribution in [0, 0.1) is 0 Å². The first-order valence-electron chi connectivity index (χ1n) is 2.96. The number of rotatable bonds is 0. The fourth-order valence-electron chi connectivity index (χ4n) is 1.15. The molecule has 2 nitrogen and oxygen atoms in total. The molecule has 0 aromatic heterocycles. The maximum Gasteiger partial charge on any atom is 0.293 e. The van der Waals surface area contributed by atoms with Crippen LogP contribution in [0.5, 0.6) is 0 Å². The molecule has 1 saturated carbocycles. The Morgan fingerprint density at radius 3 is 2.78 bits per heavy atom. The first-order valence-corrected chi connectivity index (χ1v) is 2.96. The van der Waals surface area contributed by atoms with Crippen molar-refractivity contribution in [3.63, 3.8) is 0 Å². The molecule has 1 saturated heterocycles. The minimum absolute atomic E-state index is 0.413. The highest BCUT2D eigenvalue weighted by atomic mass is 19.3. The van der Waals surface area contributed by atoms with Gasteiger partial charge in [0.15, 0.2) is 0 Å². The summed E-state index contributed by atoms with van der Waals surface area (Å²) in [5.41, 5.74) is 0. The van der Waals surface area contributed by atoms with Gasteiger partial charge in [-0.25, -0.2) is 8.78 Å². The van der Waals surface area contributed by atoms with Crippen molar-refractivity contribution < 1.29 is 13.5 Å². The van der Waals surface area contributed by atoms with Gasteiger partial charge in [-0.15, -0.1) is 0 Å². The van der Waals surface area contributed by atoms with Gasteiger partial charge in [-0.05, 0) is 0 Å². The van der Waals surface area contributed by atoms with Crippen LogP contribution in [0.25, 0.3) is 0 Å². The summed E-state index contributed by atoms with van der Waals surface area (Å²) >= 11 is 0. The lowest BCUT2D eigenvalue weighted by Gasteiger charge is -2.07. The highest BCUT2D eigenvalue weighted by Gasteiger charge is 2.70. The van der Waals surface area contributed by atoms with Crippen LogP contribution in [0.15, 0.2) is 0 Å². The van der Waals surface area contributed by atoms with Crippen LogP contribution in [0.3, 0.4) is 0 Å². The first kappa shape index (κ1) is 5.56. The summed E-state index contributed by atoms with van der Waals surface area (Å²) in [6, 6.07) is -0.689. The Kier molecular flexibility index (Phi) is 0.887. The quantitative estimate of drug-likeness (QED) is 0.504. The summed E-state index contributed by atoms with van der Waals surface area (Å²) in [5.74, 6) is -2.59. The van der Waals surface area contributed by atoms with Gasteiger partial charge < -0.3 is 10.1 Å². The number of ether oxygens (including phenoxy) is 1. The van der Waals surface area contributed by atoms with E-state index in [-0.39, 0.29) is 0 Å². The predicted octanol–water partition coefficient (Wildman–Crippen LogP) is -0.00770. The Bertz CT molecular complexity index is 125. The SMILES string of the molecule is FC1(F)[C@@H]2NCCO[C@H]21. The van der Waals surface area contributed by atoms with Gasteiger partial charge >= 0.3 is 0 Å².